The van der Waals surface area contributed by atoms with Crippen LogP contribution in [0.3, 0.4) is 0 Å². The number of piperidine rings is 1. The number of hydrogen-bond donors (Lipinski definition) is 1. The van der Waals surface area contributed by atoms with Gasteiger partial charge in [0.1, 0.15) is 0 Å². The maximum atomic E-state index is 12.5. The monoisotopic (exact) mass is 308 g/mol. The first-order chi connectivity index (χ1) is 8.97. The minimum Gasteiger partial charge on any atom is -0.195 e. The van der Waals surface area contributed by atoms with E-state index in [0.717, 1.165) is 44.9 Å². The number of nitrogens with zero attached hydrogens (tertiary/aromatic N) is 1. The molecule has 112 valence electrons. The highest BCUT2D eigenvalue weighted by molar-refractivity contribution is 7.87. The standard InChI is InChI=1S/C13H25ClN2O2S/c1-12-5-7-13(11-14,8-6-12)15-19(17,18)16-9-3-2-4-10-16/h12,15H,2-11H2,1H3. The topological polar surface area (TPSA) is 49.4 Å². The summed E-state index contributed by atoms with van der Waals surface area (Å²) in [6, 6.07) is 0. The molecule has 2 aliphatic rings. The Morgan fingerprint density at radius 2 is 1.79 bits per heavy atom. The van der Waals surface area contributed by atoms with Crippen molar-refractivity contribution in [2.24, 2.45) is 5.92 Å². The van der Waals surface area contributed by atoms with Crippen molar-refractivity contribution in [3.05, 3.63) is 0 Å². The third-order valence-electron chi connectivity index (χ3n) is 4.49. The van der Waals surface area contributed by atoms with Gasteiger partial charge in [0.05, 0.1) is 0 Å². The van der Waals surface area contributed by atoms with E-state index in [0.29, 0.717) is 24.9 Å². The Hall–Kier alpha value is 0.160. The molecule has 1 heterocycles. The van der Waals surface area contributed by atoms with Gasteiger partial charge in [-0.2, -0.15) is 17.4 Å². The maximum Gasteiger partial charge on any atom is 0.279 e. The molecule has 19 heavy (non-hydrogen) atoms. The van der Waals surface area contributed by atoms with Gasteiger partial charge in [0, 0.05) is 24.5 Å². The second kappa shape index (κ2) is 6.29. The Balaban J connectivity index is 2.04. The first kappa shape index (κ1) is 15.5. The largest absolute Gasteiger partial charge is 0.279 e. The van der Waals surface area contributed by atoms with Crippen molar-refractivity contribution in [3.63, 3.8) is 0 Å². The lowest BCUT2D eigenvalue weighted by molar-refractivity contribution is 0.238. The SMILES string of the molecule is CC1CCC(CCl)(NS(=O)(=O)N2CCCCC2)CC1. The first-order valence-electron chi connectivity index (χ1n) is 7.32. The minimum absolute atomic E-state index is 0.368. The smallest absolute Gasteiger partial charge is 0.195 e. The molecule has 1 aliphatic heterocycles. The molecule has 0 amide bonds. The summed E-state index contributed by atoms with van der Waals surface area (Å²) >= 11 is 6.08. The molecule has 2 rings (SSSR count). The van der Waals surface area contributed by atoms with Crippen LogP contribution < -0.4 is 4.72 Å². The fourth-order valence-electron chi connectivity index (χ4n) is 3.02. The van der Waals surface area contributed by atoms with Crippen molar-refractivity contribution in [3.8, 4) is 0 Å². The van der Waals surface area contributed by atoms with Crippen LogP contribution in [0.25, 0.3) is 0 Å². The van der Waals surface area contributed by atoms with Crippen LogP contribution in [-0.2, 0) is 10.2 Å². The predicted molar refractivity (Wildman–Crippen MR) is 78.6 cm³/mol. The van der Waals surface area contributed by atoms with Crippen LogP contribution in [0.1, 0.15) is 51.9 Å². The van der Waals surface area contributed by atoms with Crippen molar-refractivity contribution < 1.29 is 8.42 Å². The molecule has 6 heteroatoms. The molecule has 4 nitrogen and oxygen atoms in total. The van der Waals surface area contributed by atoms with E-state index < -0.39 is 15.7 Å². The Bertz CT molecular complexity index is 385. The third-order valence-corrected chi connectivity index (χ3v) is 6.74. The van der Waals surface area contributed by atoms with Crippen molar-refractivity contribution in [2.45, 2.75) is 57.4 Å². The van der Waals surface area contributed by atoms with Crippen molar-refractivity contribution in [2.75, 3.05) is 19.0 Å². The highest BCUT2D eigenvalue weighted by Gasteiger charge is 2.39. The fraction of sp³-hybridized carbons (Fsp3) is 1.00. The molecule has 1 saturated heterocycles. The summed E-state index contributed by atoms with van der Waals surface area (Å²) in [4.78, 5) is 0. The van der Waals surface area contributed by atoms with Crippen LogP contribution in [0, 0.1) is 5.92 Å². The maximum absolute atomic E-state index is 12.5. The highest BCUT2D eigenvalue weighted by atomic mass is 35.5. The van der Waals surface area contributed by atoms with Gasteiger partial charge >= 0.3 is 0 Å². The molecule has 0 aromatic carbocycles. The number of hydrogen-bond acceptors (Lipinski definition) is 2. The molecule has 1 saturated carbocycles. The molecule has 1 N–H and O–H groups in total. The quantitative estimate of drug-likeness (QED) is 0.811. The lowest BCUT2D eigenvalue weighted by Gasteiger charge is -2.40. The summed E-state index contributed by atoms with van der Waals surface area (Å²) in [7, 11) is -3.37. The lowest BCUT2D eigenvalue weighted by atomic mass is 9.79. The molecule has 0 atom stereocenters. The second-order valence-electron chi connectivity index (χ2n) is 6.16. The fourth-order valence-corrected chi connectivity index (χ4v) is 5.13. The van der Waals surface area contributed by atoms with Crippen molar-refractivity contribution in [1.29, 1.82) is 0 Å². The van der Waals surface area contributed by atoms with Gasteiger partial charge in [0.15, 0.2) is 0 Å². The zero-order valence-electron chi connectivity index (χ0n) is 11.7. The van der Waals surface area contributed by atoms with E-state index >= 15 is 0 Å². The number of alkyl halides is 1. The minimum atomic E-state index is -3.37. The molecule has 0 unspecified atom stereocenters. The number of rotatable bonds is 4. The van der Waals surface area contributed by atoms with E-state index in [1.165, 1.54) is 0 Å². The van der Waals surface area contributed by atoms with Gasteiger partial charge in [-0.15, -0.1) is 11.6 Å². The summed E-state index contributed by atoms with van der Waals surface area (Å²) in [6.07, 6.45) is 6.86. The molecule has 2 fully saturated rings. The summed E-state index contributed by atoms with van der Waals surface area (Å²) in [6.45, 7) is 3.51. The van der Waals surface area contributed by atoms with Crippen molar-refractivity contribution in [1.82, 2.24) is 9.03 Å². The Kier molecular flexibility index (Phi) is 5.15. The number of nitrogens with one attached hydrogen (secondary N) is 1. The van der Waals surface area contributed by atoms with Gasteiger partial charge in [-0.3, -0.25) is 0 Å². The molecule has 0 radical (unpaired) electrons. The van der Waals surface area contributed by atoms with Gasteiger partial charge in [-0.25, -0.2) is 0 Å². The van der Waals surface area contributed by atoms with Crippen LogP contribution in [-0.4, -0.2) is 37.2 Å². The Morgan fingerprint density at radius 1 is 1.21 bits per heavy atom. The average Bonchev–Trinajstić information content (AvgIpc) is 2.42. The molecular formula is C13H25ClN2O2S. The third kappa shape index (κ3) is 3.84. The van der Waals surface area contributed by atoms with Gasteiger partial charge in [0.25, 0.3) is 10.2 Å². The molecule has 0 bridgehead atoms. The zero-order chi connectivity index (χ0) is 13.9. The van der Waals surface area contributed by atoms with E-state index in [9.17, 15) is 8.42 Å². The number of halogens is 1. The Morgan fingerprint density at radius 3 is 2.32 bits per heavy atom. The Labute approximate surface area is 122 Å². The molecule has 0 spiro atoms. The van der Waals surface area contributed by atoms with E-state index in [4.69, 9.17) is 11.6 Å². The zero-order valence-corrected chi connectivity index (χ0v) is 13.3. The van der Waals surface area contributed by atoms with E-state index in [2.05, 4.69) is 11.6 Å². The average molecular weight is 309 g/mol. The van der Waals surface area contributed by atoms with Crippen molar-refractivity contribution >= 4 is 21.8 Å². The van der Waals surface area contributed by atoms with E-state index in [-0.39, 0.29) is 0 Å². The van der Waals surface area contributed by atoms with E-state index in [1.807, 2.05) is 0 Å². The van der Waals surface area contributed by atoms with Gasteiger partial charge in [0.2, 0.25) is 0 Å². The summed E-state index contributed by atoms with van der Waals surface area (Å²) < 4.78 is 29.4. The summed E-state index contributed by atoms with van der Waals surface area (Å²) in [5, 5.41) is 0. The van der Waals surface area contributed by atoms with Gasteiger partial charge in [-0.05, 0) is 44.4 Å². The summed E-state index contributed by atoms with van der Waals surface area (Å²) in [5.74, 6) is 1.04. The lowest BCUT2D eigenvalue weighted by Crippen LogP contribution is -2.56. The van der Waals surface area contributed by atoms with Crippen LogP contribution in [0.2, 0.25) is 0 Å². The molecule has 0 aromatic rings. The van der Waals surface area contributed by atoms with Crippen LogP contribution in [0.5, 0.6) is 0 Å². The second-order valence-corrected chi connectivity index (χ2v) is 8.10. The normalized spacial score (nSPS) is 34.3. The van der Waals surface area contributed by atoms with Crippen LogP contribution in [0.4, 0.5) is 0 Å². The van der Waals surface area contributed by atoms with Crippen LogP contribution in [0.15, 0.2) is 0 Å². The van der Waals surface area contributed by atoms with Crippen LogP contribution >= 0.6 is 11.6 Å². The molecular weight excluding hydrogens is 284 g/mol. The predicted octanol–water partition coefficient (Wildman–Crippen LogP) is 2.49. The highest BCUT2D eigenvalue weighted by Crippen LogP contribution is 2.33. The molecule has 0 aromatic heterocycles. The van der Waals surface area contributed by atoms with E-state index in [1.54, 1.807) is 4.31 Å². The van der Waals surface area contributed by atoms with Gasteiger partial charge in [-0.1, -0.05) is 13.3 Å². The molecule has 1 aliphatic carbocycles. The summed E-state index contributed by atoms with van der Waals surface area (Å²) in [5.41, 5.74) is -0.426. The van der Waals surface area contributed by atoms with Gasteiger partial charge < -0.3 is 0 Å². The first-order valence-corrected chi connectivity index (χ1v) is 9.30.